The lowest BCUT2D eigenvalue weighted by Crippen LogP contribution is -2.25. The third-order valence-corrected chi connectivity index (χ3v) is 10.4. The molecule has 0 saturated carbocycles. The van der Waals surface area contributed by atoms with Crippen molar-refractivity contribution in [1.82, 2.24) is 19.9 Å². The molecule has 10 rings (SSSR count). The van der Waals surface area contributed by atoms with Gasteiger partial charge in [-0.05, 0) is 69.8 Å². The summed E-state index contributed by atoms with van der Waals surface area (Å²) >= 11 is 0. The first-order valence-corrected chi connectivity index (χ1v) is 18.0. The summed E-state index contributed by atoms with van der Waals surface area (Å²) < 4.78 is 6.60. The lowest BCUT2D eigenvalue weighted by Gasteiger charge is -2.32. The molecule has 0 N–H and O–H groups in total. The quantitative estimate of drug-likeness (QED) is 0.184. The number of rotatable bonds is 4. The third-order valence-electron chi connectivity index (χ3n) is 10.4. The fraction of sp³-hybridized carbons (Fsp3) is 0.0204. The number of hydrogen-bond acceptors (Lipinski definition) is 5. The number of ether oxygens (including phenoxy) is 1. The molecule has 2 aliphatic rings. The molecule has 254 valence electrons. The van der Waals surface area contributed by atoms with Gasteiger partial charge in [-0.1, -0.05) is 146 Å². The molecule has 0 saturated heterocycles. The Morgan fingerprint density at radius 1 is 0.481 bits per heavy atom. The Kier molecular flexibility index (Phi) is 7.62. The molecular weight excluding hydrogens is 661 g/mol. The SMILES string of the molecule is C1=C/C2(c3cc(-c4nc(-c5ccccc5)nc(-c5ccccc5)n4)ccc3O/C=C/C=C\1c1cccc3ncccc13)c1ccccc1-c1ccccc12. The molecular formula is C49H32N4O. The molecule has 0 fully saturated rings. The summed E-state index contributed by atoms with van der Waals surface area (Å²) in [5, 5.41) is 1.09. The molecule has 1 aliphatic heterocycles. The summed E-state index contributed by atoms with van der Waals surface area (Å²) in [4.78, 5) is 19.8. The first-order chi connectivity index (χ1) is 26.8. The molecule has 0 atom stereocenters. The zero-order chi connectivity index (χ0) is 35.9. The Morgan fingerprint density at radius 2 is 1.09 bits per heavy atom. The molecule has 54 heavy (non-hydrogen) atoms. The van der Waals surface area contributed by atoms with E-state index in [1.807, 2.05) is 91.1 Å². The second kappa shape index (κ2) is 13.1. The van der Waals surface area contributed by atoms with Gasteiger partial charge in [-0.3, -0.25) is 4.98 Å². The first kappa shape index (κ1) is 31.5. The van der Waals surface area contributed by atoms with Crippen molar-refractivity contribution in [2.24, 2.45) is 0 Å². The molecule has 0 amide bonds. The van der Waals surface area contributed by atoms with Crippen LogP contribution in [0.25, 0.3) is 61.8 Å². The summed E-state index contributed by atoms with van der Waals surface area (Å²) in [7, 11) is 0. The number of pyridine rings is 1. The van der Waals surface area contributed by atoms with Crippen molar-refractivity contribution in [3.05, 3.63) is 217 Å². The first-order valence-electron chi connectivity index (χ1n) is 18.0. The molecule has 1 spiro atoms. The number of allylic oxidation sites excluding steroid dienone is 5. The second-order valence-electron chi connectivity index (χ2n) is 13.4. The molecule has 0 bridgehead atoms. The molecule has 6 aromatic carbocycles. The van der Waals surface area contributed by atoms with Gasteiger partial charge in [0.15, 0.2) is 17.5 Å². The van der Waals surface area contributed by atoms with Crippen LogP contribution in [0.5, 0.6) is 5.75 Å². The van der Waals surface area contributed by atoms with E-state index in [2.05, 4.69) is 102 Å². The van der Waals surface area contributed by atoms with E-state index in [0.717, 1.165) is 50.0 Å². The van der Waals surface area contributed by atoms with Crippen LogP contribution in [0.15, 0.2) is 194 Å². The average molecular weight is 693 g/mol. The maximum absolute atomic E-state index is 6.60. The molecule has 3 heterocycles. The monoisotopic (exact) mass is 692 g/mol. The van der Waals surface area contributed by atoms with Crippen LogP contribution in [0.3, 0.4) is 0 Å². The highest BCUT2D eigenvalue weighted by atomic mass is 16.5. The van der Waals surface area contributed by atoms with Gasteiger partial charge in [0.25, 0.3) is 0 Å². The van der Waals surface area contributed by atoms with Gasteiger partial charge in [-0.15, -0.1) is 0 Å². The Labute approximate surface area is 313 Å². The summed E-state index contributed by atoms with van der Waals surface area (Å²) in [5.74, 6) is 2.56. The van der Waals surface area contributed by atoms with Crippen LogP contribution in [-0.2, 0) is 5.41 Å². The van der Waals surface area contributed by atoms with Crippen molar-refractivity contribution in [2.75, 3.05) is 0 Å². The number of aromatic nitrogens is 4. The van der Waals surface area contributed by atoms with Crippen LogP contribution in [0.4, 0.5) is 0 Å². The zero-order valence-electron chi connectivity index (χ0n) is 29.2. The molecule has 5 nitrogen and oxygen atoms in total. The van der Waals surface area contributed by atoms with Crippen molar-refractivity contribution in [3.8, 4) is 51.0 Å². The van der Waals surface area contributed by atoms with Gasteiger partial charge >= 0.3 is 0 Å². The van der Waals surface area contributed by atoms with Gasteiger partial charge in [-0.2, -0.15) is 0 Å². The summed E-state index contributed by atoms with van der Waals surface area (Å²) in [5.41, 5.74) is 10.8. The van der Waals surface area contributed by atoms with Crippen LogP contribution in [0, 0.1) is 0 Å². The van der Waals surface area contributed by atoms with E-state index in [-0.39, 0.29) is 0 Å². The molecule has 5 heteroatoms. The van der Waals surface area contributed by atoms with Crippen molar-refractivity contribution in [2.45, 2.75) is 5.41 Å². The number of benzene rings is 6. The fourth-order valence-corrected chi connectivity index (χ4v) is 7.91. The standard InChI is InChI=1S/C49H32N4O/c1-3-14-34(15-4-1)46-51-47(35-16-5-2-6-17-35)53-48(52-46)36-26-27-45-43(32-36)49(41-23-9-7-19-38(41)39-20-8-10-24-42(39)49)29-28-33(18-13-31-54-45)37-21-11-25-44-40(37)22-12-30-50-44/h1-32H/b29-28-,31-13+,33-18+. The molecule has 2 aromatic heterocycles. The lowest BCUT2D eigenvalue weighted by molar-refractivity contribution is 0.469. The Bertz CT molecular complexity index is 2700. The Morgan fingerprint density at radius 3 is 1.78 bits per heavy atom. The van der Waals surface area contributed by atoms with Crippen LogP contribution < -0.4 is 4.74 Å². The number of fused-ring (bicyclic) bond motifs is 8. The van der Waals surface area contributed by atoms with E-state index in [1.54, 1.807) is 6.26 Å². The predicted octanol–water partition coefficient (Wildman–Crippen LogP) is 11.3. The topological polar surface area (TPSA) is 60.8 Å². The highest BCUT2D eigenvalue weighted by Gasteiger charge is 2.44. The second-order valence-corrected chi connectivity index (χ2v) is 13.4. The Hall–Kier alpha value is -7.24. The van der Waals surface area contributed by atoms with Crippen LogP contribution in [-0.4, -0.2) is 19.9 Å². The van der Waals surface area contributed by atoms with E-state index >= 15 is 0 Å². The van der Waals surface area contributed by atoms with Crippen LogP contribution in [0.2, 0.25) is 0 Å². The van der Waals surface area contributed by atoms with Crippen molar-refractivity contribution in [1.29, 1.82) is 0 Å². The van der Waals surface area contributed by atoms with Crippen molar-refractivity contribution in [3.63, 3.8) is 0 Å². The largest absolute Gasteiger partial charge is 0.465 e. The summed E-state index contributed by atoms with van der Waals surface area (Å²) in [6.07, 6.45) is 12.3. The zero-order valence-corrected chi connectivity index (χ0v) is 29.2. The maximum Gasteiger partial charge on any atom is 0.164 e. The van der Waals surface area contributed by atoms with Gasteiger partial charge in [0.05, 0.1) is 17.2 Å². The van der Waals surface area contributed by atoms with E-state index in [4.69, 9.17) is 19.7 Å². The number of nitrogens with zero attached hydrogens (tertiary/aromatic N) is 4. The van der Waals surface area contributed by atoms with Crippen molar-refractivity contribution >= 4 is 16.5 Å². The summed E-state index contributed by atoms with van der Waals surface area (Å²) in [6, 6.07) is 54.3. The van der Waals surface area contributed by atoms with E-state index in [9.17, 15) is 0 Å². The normalized spacial score (nSPS) is 16.0. The van der Waals surface area contributed by atoms with E-state index in [1.165, 1.54) is 22.3 Å². The fourth-order valence-electron chi connectivity index (χ4n) is 7.91. The van der Waals surface area contributed by atoms with Crippen LogP contribution in [0.1, 0.15) is 22.3 Å². The van der Waals surface area contributed by atoms with E-state index < -0.39 is 5.41 Å². The molecule has 1 aliphatic carbocycles. The third kappa shape index (κ3) is 5.25. The maximum atomic E-state index is 6.60. The minimum Gasteiger partial charge on any atom is -0.465 e. The van der Waals surface area contributed by atoms with Gasteiger partial charge in [0, 0.05) is 33.8 Å². The van der Waals surface area contributed by atoms with Gasteiger partial charge in [0.1, 0.15) is 5.75 Å². The minimum atomic E-state index is -0.719. The average Bonchev–Trinajstić information content (AvgIpc) is 3.54. The highest BCUT2D eigenvalue weighted by molar-refractivity contribution is 5.95. The smallest absolute Gasteiger partial charge is 0.164 e. The van der Waals surface area contributed by atoms with Crippen LogP contribution >= 0.6 is 0 Å². The van der Waals surface area contributed by atoms with E-state index in [0.29, 0.717) is 17.5 Å². The minimum absolute atomic E-state index is 0.584. The Balaban J connectivity index is 1.23. The molecule has 0 radical (unpaired) electrons. The summed E-state index contributed by atoms with van der Waals surface area (Å²) in [6.45, 7) is 0. The predicted molar refractivity (Wildman–Crippen MR) is 217 cm³/mol. The molecule has 8 aromatic rings. The van der Waals surface area contributed by atoms with Crippen molar-refractivity contribution < 1.29 is 4.74 Å². The lowest BCUT2D eigenvalue weighted by atomic mass is 9.71. The number of hydrogen-bond donors (Lipinski definition) is 0. The van der Waals surface area contributed by atoms with Gasteiger partial charge in [0.2, 0.25) is 0 Å². The van der Waals surface area contributed by atoms with Gasteiger partial charge < -0.3 is 4.74 Å². The molecule has 0 unspecified atom stereocenters. The highest BCUT2D eigenvalue weighted by Crippen LogP contribution is 2.56. The van der Waals surface area contributed by atoms with Gasteiger partial charge in [-0.25, -0.2) is 15.0 Å².